The van der Waals surface area contributed by atoms with Crippen molar-refractivity contribution < 1.29 is 9.84 Å². The van der Waals surface area contributed by atoms with E-state index in [4.69, 9.17) is 21.4 Å². The summed E-state index contributed by atoms with van der Waals surface area (Å²) >= 11 is 7.23. The molecule has 0 aromatic carbocycles. The van der Waals surface area contributed by atoms with Crippen molar-refractivity contribution in [2.45, 2.75) is 13.0 Å². The van der Waals surface area contributed by atoms with Crippen LogP contribution in [0.4, 0.5) is 0 Å². The number of thiazole rings is 1. The Morgan fingerprint density at radius 1 is 1.53 bits per heavy atom. The molecular weight excluding hydrogens is 236 g/mol. The Hall–Kier alpha value is -0.200. The average molecular weight is 251 g/mol. The maximum Gasteiger partial charge on any atom is 0.113 e. The zero-order chi connectivity index (χ0) is 10.9. The third-order valence-electron chi connectivity index (χ3n) is 1.68. The molecule has 0 amide bonds. The Kier molecular flexibility index (Phi) is 6.87. The first-order chi connectivity index (χ1) is 7.33. The van der Waals surface area contributed by atoms with E-state index in [0.29, 0.717) is 13.2 Å². The number of rotatable bonds is 8. The number of halogens is 1. The average Bonchev–Trinajstić information content (AvgIpc) is 2.63. The van der Waals surface area contributed by atoms with Gasteiger partial charge in [0.2, 0.25) is 0 Å². The highest BCUT2D eigenvalue weighted by Gasteiger charge is 1.98. The molecule has 0 unspecified atom stereocenters. The summed E-state index contributed by atoms with van der Waals surface area (Å²) in [5.41, 5.74) is 0. The van der Waals surface area contributed by atoms with Crippen LogP contribution in [0.1, 0.15) is 11.4 Å². The van der Waals surface area contributed by atoms with Crippen molar-refractivity contribution in [3.63, 3.8) is 0 Å². The van der Waals surface area contributed by atoms with Crippen LogP contribution in [-0.4, -0.2) is 36.5 Å². The number of aliphatic hydroxyl groups is 1. The highest BCUT2D eigenvalue weighted by molar-refractivity contribution is 7.15. The molecule has 0 bridgehead atoms. The lowest BCUT2D eigenvalue weighted by atomic mass is 10.4. The number of nitrogens with zero attached hydrogens (tertiary/aromatic N) is 1. The minimum absolute atomic E-state index is 0.0883. The van der Waals surface area contributed by atoms with Gasteiger partial charge in [-0.25, -0.2) is 4.98 Å². The fraction of sp³-hybridized carbons (Fsp3) is 0.667. The molecule has 0 saturated heterocycles. The van der Waals surface area contributed by atoms with Crippen LogP contribution in [0, 0.1) is 0 Å². The molecular formula is C9H15ClN2O2S. The van der Waals surface area contributed by atoms with E-state index in [2.05, 4.69) is 10.3 Å². The lowest BCUT2D eigenvalue weighted by molar-refractivity contribution is 0.0907. The molecule has 6 heteroatoms. The fourth-order valence-corrected chi connectivity index (χ4v) is 1.96. The summed E-state index contributed by atoms with van der Waals surface area (Å²) in [5, 5.41) is 12.7. The SMILES string of the molecule is OCCOCCCNCc1ncc(Cl)s1. The van der Waals surface area contributed by atoms with Crippen molar-refractivity contribution in [3.8, 4) is 0 Å². The molecule has 0 fully saturated rings. The molecule has 0 aliphatic heterocycles. The maximum absolute atomic E-state index is 8.46. The van der Waals surface area contributed by atoms with E-state index in [1.807, 2.05) is 0 Å². The zero-order valence-corrected chi connectivity index (χ0v) is 9.98. The van der Waals surface area contributed by atoms with Crippen LogP contribution in [-0.2, 0) is 11.3 Å². The van der Waals surface area contributed by atoms with E-state index in [0.717, 1.165) is 28.9 Å². The van der Waals surface area contributed by atoms with Gasteiger partial charge in [0, 0.05) is 13.2 Å². The van der Waals surface area contributed by atoms with Crippen LogP contribution in [0.2, 0.25) is 4.34 Å². The summed E-state index contributed by atoms with van der Waals surface area (Å²) in [4.78, 5) is 4.12. The van der Waals surface area contributed by atoms with Gasteiger partial charge in [-0.3, -0.25) is 0 Å². The summed E-state index contributed by atoms with van der Waals surface area (Å²) in [6, 6.07) is 0. The van der Waals surface area contributed by atoms with Crippen LogP contribution in [0.3, 0.4) is 0 Å². The molecule has 1 aromatic rings. The van der Waals surface area contributed by atoms with E-state index < -0.39 is 0 Å². The Morgan fingerprint density at radius 2 is 2.40 bits per heavy atom. The number of aromatic nitrogens is 1. The number of ether oxygens (including phenoxy) is 1. The van der Waals surface area contributed by atoms with Gasteiger partial charge in [-0.05, 0) is 13.0 Å². The molecule has 2 N–H and O–H groups in total. The van der Waals surface area contributed by atoms with Crippen molar-refractivity contribution in [1.29, 1.82) is 0 Å². The largest absolute Gasteiger partial charge is 0.394 e. The smallest absolute Gasteiger partial charge is 0.113 e. The van der Waals surface area contributed by atoms with Gasteiger partial charge >= 0.3 is 0 Å². The Labute approximate surface area is 98.2 Å². The standard InChI is InChI=1S/C9H15ClN2O2S/c10-8-6-12-9(15-8)7-11-2-1-4-14-5-3-13/h6,11,13H,1-5,7H2. The summed E-state index contributed by atoms with van der Waals surface area (Å²) in [6.45, 7) is 2.80. The van der Waals surface area contributed by atoms with Crippen LogP contribution in [0.5, 0.6) is 0 Å². The van der Waals surface area contributed by atoms with E-state index in [-0.39, 0.29) is 6.61 Å². The first-order valence-corrected chi connectivity index (χ1v) is 6.02. The van der Waals surface area contributed by atoms with E-state index >= 15 is 0 Å². The zero-order valence-electron chi connectivity index (χ0n) is 8.41. The van der Waals surface area contributed by atoms with Gasteiger partial charge in [-0.1, -0.05) is 11.6 Å². The van der Waals surface area contributed by atoms with Crippen molar-refractivity contribution in [3.05, 3.63) is 15.5 Å². The molecule has 1 rings (SSSR count). The molecule has 0 atom stereocenters. The van der Waals surface area contributed by atoms with E-state index in [9.17, 15) is 0 Å². The van der Waals surface area contributed by atoms with Crippen LogP contribution in [0.15, 0.2) is 6.20 Å². The lowest BCUT2D eigenvalue weighted by Gasteiger charge is -2.03. The van der Waals surface area contributed by atoms with Crippen LogP contribution in [0.25, 0.3) is 0 Å². The van der Waals surface area contributed by atoms with Crippen LogP contribution < -0.4 is 5.32 Å². The van der Waals surface area contributed by atoms with Crippen molar-refractivity contribution in [2.24, 2.45) is 0 Å². The maximum atomic E-state index is 8.46. The summed E-state index contributed by atoms with van der Waals surface area (Å²) in [7, 11) is 0. The second-order valence-corrected chi connectivity index (χ2v) is 4.67. The number of aliphatic hydroxyl groups excluding tert-OH is 1. The third kappa shape index (κ3) is 6.06. The Morgan fingerprint density at radius 3 is 3.07 bits per heavy atom. The van der Waals surface area contributed by atoms with Crippen molar-refractivity contribution in [2.75, 3.05) is 26.4 Å². The summed E-state index contributed by atoms with van der Waals surface area (Å²) in [6.07, 6.45) is 2.59. The minimum Gasteiger partial charge on any atom is -0.394 e. The lowest BCUT2D eigenvalue weighted by Crippen LogP contribution is -2.16. The molecule has 86 valence electrons. The summed E-state index contributed by atoms with van der Waals surface area (Å²) in [5.74, 6) is 0. The number of nitrogens with one attached hydrogen (secondary N) is 1. The molecule has 0 radical (unpaired) electrons. The highest BCUT2D eigenvalue weighted by atomic mass is 35.5. The molecule has 0 aliphatic carbocycles. The van der Waals surface area contributed by atoms with E-state index in [1.165, 1.54) is 11.3 Å². The van der Waals surface area contributed by atoms with Crippen molar-refractivity contribution >= 4 is 22.9 Å². The Balaban J connectivity index is 1.93. The molecule has 1 aromatic heterocycles. The third-order valence-corrected chi connectivity index (χ3v) is 2.79. The molecule has 0 aliphatic rings. The van der Waals surface area contributed by atoms with Gasteiger partial charge in [0.25, 0.3) is 0 Å². The topological polar surface area (TPSA) is 54.4 Å². The van der Waals surface area contributed by atoms with Gasteiger partial charge in [0.15, 0.2) is 0 Å². The van der Waals surface area contributed by atoms with Gasteiger partial charge < -0.3 is 15.2 Å². The van der Waals surface area contributed by atoms with E-state index in [1.54, 1.807) is 6.20 Å². The summed E-state index contributed by atoms with van der Waals surface area (Å²) < 4.78 is 5.84. The second kappa shape index (κ2) is 8.01. The molecule has 0 saturated carbocycles. The number of hydrogen-bond donors (Lipinski definition) is 2. The number of hydrogen-bond acceptors (Lipinski definition) is 5. The van der Waals surface area contributed by atoms with Gasteiger partial charge in [0.05, 0.1) is 19.4 Å². The first-order valence-electron chi connectivity index (χ1n) is 4.82. The molecule has 15 heavy (non-hydrogen) atoms. The molecule has 4 nitrogen and oxygen atoms in total. The Bertz CT molecular complexity index is 270. The fourth-order valence-electron chi connectivity index (χ4n) is 1.03. The highest BCUT2D eigenvalue weighted by Crippen LogP contribution is 2.17. The first kappa shape index (κ1) is 12.9. The monoisotopic (exact) mass is 250 g/mol. The van der Waals surface area contributed by atoms with Gasteiger partial charge in [0.1, 0.15) is 9.34 Å². The predicted octanol–water partition coefficient (Wildman–Crippen LogP) is 1.29. The second-order valence-electron chi connectivity index (χ2n) is 2.92. The minimum atomic E-state index is 0.0883. The van der Waals surface area contributed by atoms with Crippen LogP contribution >= 0.6 is 22.9 Å². The quantitative estimate of drug-likeness (QED) is 0.683. The van der Waals surface area contributed by atoms with Crippen molar-refractivity contribution in [1.82, 2.24) is 10.3 Å². The molecule has 1 heterocycles. The predicted molar refractivity (Wildman–Crippen MR) is 61.4 cm³/mol. The van der Waals surface area contributed by atoms with Gasteiger partial charge in [-0.2, -0.15) is 0 Å². The normalized spacial score (nSPS) is 10.8. The van der Waals surface area contributed by atoms with Gasteiger partial charge in [-0.15, -0.1) is 11.3 Å². The molecule has 0 spiro atoms.